The summed E-state index contributed by atoms with van der Waals surface area (Å²) in [4.78, 5) is 8.72. The Balaban J connectivity index is 1.89. The molecular formula is C10H12N4S. The molecule has 0 saturated carbocycles. The Morgan fingerprint density at radius 2 is 2.47 bits per heavy atom. The van der Waals surface area contributed by atoms with Gasteiger partial charge in [-0.05, 0) is 0 Å². The highest BCUT2D eigenvalue weighted by atomic mass is 32.1. The van der Waals surface area contributed by atoms with Crippen molar-refractivity contribution in [2.45, 2.75) is 19.5 Å². The van der Waals surface area contributed by atoms with E-state index >= 15 is 0 Å². The molecule has 2 aromatic heterocycles. The standard InChI is InChI=1S/C10H12N4S/c1-3-14-8(5-10-12-2-4-15-10)6-13-9(14)7-11-1/h2,4,6,11H,1,3,5,7H2. The third-order valence-electron chi connectivity index (χ3n) is 2.63. The summed E-state index contributed by atoms with van der Waals surface area (Å²) in [5.41, 5.74) is 1.28. The Hall–Kier alpha value is -1.20. The average Bonchev–Trinajstić information content (AvgIpc) is 2.89. The lowest BCUT2D eigenvalue weighted by Gasteiger charge is -2.17. The van der Waals surface area contributed by atoms with Crippen molar-refractivity contribution in [1.29, 1.82) is 0 Å². The second-order valence-electron chi connectivity index (χ2n) is 3.60. The van der Waals surface area contributed by atoms with Crippen LogP contribution in [-0.4, -0.2) is 21.1 Å². The van der Waals surface area contributed by atoms with E-state index in [4.69, 9.17) is 0 Å². The van der Waals surface area contributed by atoms with Crippen LogP contribution in [0.2, 0.25) is 0 Å². The Kier molecular flexibility index (Phi) is 2.26. The number of imidazole rings is 1. The van der Waals surface area contributed by atoms with Gasteiger partial charge in [-0.25, -0.2) is 9.97 Å². The largest absolute Gasteiger partial charge is 0.329 e. The molecule has 3 heterocycles. The molecule has 1 aliphatic rings. The normalized spacial score (nSPS) is 15.2. The molecular weight excluding hydrogens is 208 g/mol. The number of thiazole rings is 1. The van der Waals surface area contributed by atoms with Crippen LogP contribution in [0.3, 0.4) is 0 Å². The molecule has 0 atom stereocenters. The highest BCUT2D eigenvalue weighted by Crippen LogP contribution is 2.15. The quantitative estimate of drug-likeness (QED) is 0.822. The van der Waals surface area contributed by atoms with Gasteiger partial charge < -0.3 is 9.88 Å². The molecule has 0 saturated heterocycles. The van der Waals surface area contributed by atoms with E-state index in [1.54, 1.807) is 11.3 Å². The molecule has 78 valence electrons. The SMILES string of the molecule is c1csc(Cc2cnc3n2CCNC3)n1. The second-order valence-corrected chi connectivity index (χ2v) is 4.58. The van der Waals surface area contributed by atoms with Crippen molar-refractivity contribution in [2.75, 3.05) is 6.54 Å². The summed E-state index contributed by atoms with van der Waals surface area (Å²) >= 11 is 1.70. The fourth-order valence-electron chi connectivity index (χ4n) is 1.90. The topological polar surface area (TPSA) is 42.7 Å². The molecule has 15 heavy (non-hydrogen) atoms. The number of nitrogens with one attached hydrogen (secondary N) is 1. The van der Waals surface area contributed by atoms with Gasteiger partial charge in [0.2, 0.25) is 0 Å². The van der Waals surface area contributed by atoms with Crippen LogP contribution in [-0.2, 0) is 19.5 Å². The van der Waals surface area contributed by atoms with Crippen molar-refractivity contribution in [3.05, 3.63) is 34.3 Å². The van der Waals surface area contributed by atoms with Crippen molar-refractivity contribution in [1.82, 2.24) is 19.9 Å². The van der Waals surface area contributed by atoms with Crippen LogP contribution in [0.4, 0.5) is 0 Å². The first-order chi connectivity index (χ1) is 7.43. The van der Waals surface area contributed by atoms with E-state index in [1.165, 1.54) is 5.69 Å². The number of hydrogen-bond donors (Lipinski definition) is 1. The van der Waals surface area contributed by atoms with Crippen molar-refractivity contribution in [3.8, 4) is 0 Å². The first kappa shape index (κ1) is 9.06. The number of hydrogen-bond acceptors (Lipinski definition) is 4. The van der Waals surface area contributed by atoms with E-state index in [0.717, 1.165) is 36.9 Å². The Morgan fingerprint density at radius 1 is 1.47 bits per heavy atom. The lowest BCUT2D eigenvalue weighted by molar-refractivity contribution is 0.496. The Morgan fingerprint density at radius 3 is 3.33 bits per heavy atom. The molecule has 5 heteroatoms. The molecule has 0 aliphatic carbocycles. The van der Waals surface area contributed by atoms with Crippen molar-refractivity contribution in [2.24, 2.45) is 0 Å². The van der Waals surface area contributed by atoms with Gasteiger partial charge in [0.1, 0.15) is 5.82 Å². The van der Waals surface area contributed by atoms with Gasteiger partial charge in [-0.2, -0.15) is 0 Å². The molecule has 0 radical (unpaired) electrons. The molecule has 2 aromatic rings. The molecule has 0 amide bonds. The predicted molar refractivity (Wildman–Crippen MR) is 58.9 cm³/mol. The zero-order valence-corrected chi connectivity index (χ0v) is 9.13. The van der Waals surface area contributed by atoms with Crippen LogP contribution in [0.1, 0.15) is 16.5 Å². The van der Waals surface area contributed by atoms with Gasteiger partial charge in [-0.1, -0.05) is 0 Å². The van der Waals surface area contributed by atoms with Crippen molar-refractivity contribution in [3.63, 3.8) is 0 Å². The van der Waals surface area contributed by atoms with Crippen LogP contribution >= 0.6 is 11.3 Å². The Labute approximate surface area is 92.0 Å². The van der Waals surface area contributed by atoms with Gasteiger partial charge in [0.05, 0.1) is 11.6 Å². The average molecular weight is 220 g/mol. The van der Waals surface area contributed by atoms with E-state index < -0.39 is 0 Å². The Bertz CT molecular complexity index is 446. The highest BCUT2D eigenvalue weighted by molar-refractivity contribution is 7.09. The highest BCUT2D eigenvalue weighted by Gasteiger charge is 2.13. The van der Waals surface area contributed by atoms with Gasteiger partial charge in [-0.15, -0.1) is 11.3 Å². The van der Waals surface area contributed by atoms with Gasteiger partial charge in [0, 0.05) is 43.0 Å². The number of fused-ring (bicyclic) bond motifs is 1. The van der Waals surface area contributed by atoms with Crippen LogP contribution in [0.25, 0.3) is 0 Å². The minimum Gasteiger partial charge on any atom is -0.329 e. The fraction of sp³-hybridized carbons (Fsp3) is 0.400. The molecule has 3 rings (SSSR count). The zero-order chi connectivity index (χ0) is 10.1. The fourth-order valence-corrected chi connectivity index (χ4v) is 2.53. The van der Waals surface area contributed by atoms with Crippen molar-refractivity contribution < 1.29 is 0 Å². The molecule has 1 aliphatic heterocycles. The van der Waals surface area contributed by atoms with Gasteiger partial charge >= 0.3 is 0 Å². The number of aromatic nitrogens is 3. The molecule has 0 aromatic carbocycles. The van der Waals surface area contributed by atoms with Crippen molar-refractivity contribution >= 4 is 11.3 Å². The molecule has 4 nitrogen and oxygen atoms in total. The minimum absolute atomic E-state index is 0.887. The van der Waals surface area contributed by atoms with Gasteiger partial charge in [-0.3, -0.25) is 0 Å². The van der Waals surface area contributed by atoms with E-state index in [-0.39, 0.29) is 0 Å². The molecule has 0 unspecified atom stereocenters. The van der Waals surface area contributed by atoms with Crippen LogP contribution in [0, 0.1) is 0 Å². The maximum absolute atomic E-state index is 4.41. The summed E-state index contributed by atoms with van der Waals surface area (Å²) in [6.45, 7) is 2.95. The lowest BCUT2D eigenvalue weighted by atomic mass is 10.3. The van der Waals surface area contributed by atoms with Crippen LogP contribution in [0.15, 0.2) is 17.8 Å². The van der Waals surface area contributed by atoms with Crippen LogP contribution in [0.5, 0.6) is 0 Å². The summed E-state index contributed by atoms with van der Waals surface area (Å²) < 4.78 is 2.30. The third-order valence-corrected chi connectivity index (χ3v) is 3.41. The maximum atomic E-state index is 4.41. The van der Waals surface area contributed by atoms with E-state index in [1.807, 2.05) is 17.8 Å². The smallest absolute Gasteiger partial charge is 0.122 e. The molecule has 0 bridgehead atoms. The summed E-state index contributed by atoms with van der Waals surface area (Å²) in [7, 11) is 0. The van der Waals surface area contributed by atoms with Crippen LogP contribution < -0.4 is 5.32 Å². The lowest BCUT2D eigenvalue weighted by Crippen LogP contribution is -2.29. The second kappa shape index (κ2) is 3.75. The van der Waals surface area contributed by atoms with Gasteiger partial charge in [0.25, 0.3) is 0 Å². The van der Waals surface area contributed by atoms with E-state index in [9.17, 15) is 0 Å². The molecule has 1 N–H and O–H groups in total. The number of rotatable bonds is 2. The monoisotopic (exact) mass is 220 g/mol. The van der Waals surface area contributed by atoms with E-state index in [0.29, 0.717) is 0 Å². The predicted octanol–water partition coefficient (Wildman–Crippen LogP) is 1.03. The zero-order valence-electron chi connectivity index (χ0n) is 8.31. The maximum Gasteiger partial charge on any atom is 0.122 e. The third kappa shape index (κ3) is 1.68. The summed E-state index contributed by atoms with van der Waals surface area (Å²) in [5, 5.41) is 6.50. The summed E-state index contributed by atoms with van der Waals surface area (Å²) in [5.74, 6) is 1.15. The summed E-state index contributed by atoms with van der Waals surface area (Å²) in [6.07, 6.45) is 4.74. The molecule has 0 fully saturated rings. The number of nitrogens with zero attached hydrogens (tertiary/aromatic N) is 3. The van der Waals surface area contributed by atoms with Gasteiger partial charge in [0.15, 0.2) is 0 Å². The minimum atomic E-state index is 0.887. The first-order valence-electron chi connectivity index (χ1n) is 5.06. The molecule has 0 spiro atoms. The first-order valence-corrected chi connectivity index (χ1v) is 5.94. The summed E-state index contributed by atoms with van der Waals surface area (Å²) in [6, 6.07) is 0. The van der Waals surface area contributed by atoms with E-state index in [2.05, 4.69) is 19.9 Å².